The van der Waals surface area contributed by atoms with E-state index in [1.54, 1.807) is 17.9 Å². The molecule has 0 unspecified atom stereocenters. The SMILES string of the molecule is Cc1cc([C@H]2OC(=O)N(Cc3cc(C)cnc3N(C3CCOCC3)C3CC3)[C@H]2C)cc(C(F)(F)F)c1. The minimum atomic E-state index is -4.47. The molecule has 2 aromatic rings. The fraction of sp³-hybridized carbons (Fsp3) is 0.556. The molecular formula is C27H32F3N3O3. The van der Waals surface area contributed by atoms with Gasteiger partial charge in [-0.25, -0.2) is 9.78 Å². The molecule has 0 radical (unpaired) electrons. The van der Waals surface area contributed by atoms with Crippen LogP contribution < -0.4 is 4.90 Å². The fourth-order valence-electron chi connectivity index (χ4n) is 5.42. The number of rotatable bonds is 6. The first kappa shape index (κ1) is 24.9. The van der Waals surface area contributed by atoms with E-state index < -0.39 is 30.0 Å². The molecule has 2 atom stereocenters. The number of anilines is 1. The number of carbonyl (C=O) groups excluding carboxylic acids is 1. The minimum absolute atomic E-state index is 0.283. The van der Waals surface area contributed by atoms with E-state index in [-0.39, 0.29) is 6.54 Å². The molecule has 3 fully saturated rings. The number of amides is 1. The number of cyclic esters (lactones) is 1. The number of carbonyl (C=O) groups is 1. The van der Waals surface area contributed by atoms with Gasteiger partial charge >= 0.3 is 12.3 Å². The topological polar surface area (TPSA) is 54.9 Å². The normalized spacial score (nSPS) is 23.2. The lowest BCUT2D eigenvalue weighted by Crippen LogP contribution is -2.42. The third-order valence-electron chi connectivity index (χ3n) is 7.34. The number of aryl methyl sites for hydroxylation is 2. The number of halogens is 3. The second kappa shape index (κ2) is 9.57. The van der Waals surface area contributed by atoms with Crippen LogP contribution in [-0.2, 0) is 22.2 Å². The molecule has 1 amide bonds. The number of benzene rings is 1. The number of hydrogen-bond donors (Lipinski definition) is 0. The van der Waals surface area contributed by atoms with E-state index in [1.807, 2.05) is 20.0 Å². The zero-order valence-corrected chi connectivity index (χ0v) is 20.8. The molecule has 3 heterocycles. The highest BCUT2D eigenvalue weighted by atomic mass is 19.4. The molecule has 2 saturated heterocycles. The molecule has 6 nitrogen and oxygen atoms in total. The Bertz CT molecular complexity index is 1130. The van der Waals surface area contributed by atoms with Gasteiger partial charge in [-0.3, -0.25) is 4.90 Å². The Kier molecular flexibility index (Phi) is 6.61. The second-order valence-corrected chi connectivity index (χ2v) is 10.3. The predicted molar refractivity (Wildman–Crippen MR) is 129 cm³/mol. The van der Waals surface area contributed by atoms with Gasteiger partial charge in [0.2, 0.25) is 0 Å². The van der Waals surface area contributed by atoms with Crippen molar-refractivity contribution in [2.24, 2.45) is 0 Å². The van der Waals surface area contributed by atoms with Crippen LogP contribution in [-0.4, -0.2) is 47.3 Å². The molecule has 9 heteroatoms. The summed E-state index contributed by atoms with van der Waals surface area (Å²) in [6.07, 6.45) is 0.179. The number of aromatic nitrogens is 1. The second-order valence-electron chi connectivity index (χ2n) is 10.3. The molecule has 1 aromatic carbocycles. The van der Waals surface area contributed by atoms with Gasteiger partial charge in [-0.05, 0) is 75.8 Å². The summed E-state index contributed by atoms with van der Waals surface area (Å²) in [5, 5.41) is 0. The summed E-state index contributed by atoms with van der Waals surface area (Å²) < 4.78 is 51.5. The average molecular weight is 504 g/mol. The molecule has 0 spiro atoms. The number of pyridine rings is 1. The molecule has 5 rings (SSSR count). The Morgan fingerprint density at radius 2 is 1.72 bits per heavy atom. The lowest BCUT2D eigenvalue weighted by molar-refractivity contribution is -0.137. The van der Waals surface area contributed by atoms with Gasteiger partial charge < -0.3 is 14.4 Å². The van der Waals surface area contributed by atoms with Crippen LogP contribution >= 0.6 is 0 Å². The summed E-state index contributed by atoms with van der Waals surface area (Å²) in [5.41, 5.74) is 2.01. The first-order valence-electron chi connectivity index (χ1n) is 12.6. The van der Waals surface area contributed by atoms with Gasteiger partial charge in [0.05, 0.1) is 18.2 Å². The Labute approximate surface area is 209 Å². The Morgan fingerprint density at radius 1 is 1.03 bits per heavy atom. The molecular weight excluding hydrogens is 471 g/mol. The van der Waals surface area contributed by atoms with Crippen molar-refractivity contribution in [1.82, 2.24) is 9.88 Å². The maximum absolute atomic E-state index is 13.4. The van der Waals surface area contributed by atoms with Crippen molar-refractivity contribution in [2.75, 3.05) is 18.1 Å². The lowest BCUT2D eigenvalue weighted by atomic mass is 9.98. The smallest absolute Gasteiger partial charge is 0.416 e. The van der Waals surface area contributed by atoms with Crippen LogP contribution in [0.25, 0.3) is 0 Å². The van der Waals surface area contributed by atoms with Crippen LogP contribution in [0.5, 0.6) is 0 Å². The Hall–Kier alpha value is -2.81. The molecule has 3 aliphatic rings. The predicted octanol–water partition coefficient (Wildman–Crippen LogP) is 5.95. The van der Waals surface area contributed by atoms with Crippen molar-refractivity contribution < 1.29 is 27.4 Å². The number of hydrogen-bond acceptors (Lipinski definition) is 5. The maximum atomic E-state index is 13.4. The van der Waals surface area contributed by atoms with Gasteiger partial charge in [0.15, 0.2) is 0 Å². The molecule has 36 heavy (non-hydrogen) atoms. The summed E-state index contributed by atoms with van der Waals surface area (Å²) in [7, 11) is 0. The van der Waals surface area contributed by atoms with Crippen LogP contribution in [0.4, 0.5) is 23.8 Å². The van der Waals surface area contributed by atoms with Crippen molar-refractivity contribution in [3.63, 3.8) is 0 Å². The maximum Gasteiger partial charge on any atom is 0.416 e. The molecule has 0 bridgehead atoms. The highest BCUT2D eigenvalue weighted by molar-refractivity contribution is 5.71. The highest BCUT2D eigenvalue weighted by Gasteiger charge is 2.42. The van der Waals surface area contributed by atoms with Gasteiger partial charge in [0.1, 0.15) is 11.9 Å². The Balaban J connectivity index is 1.43. The van der Waals surface area contributed by atoms with E-state index in [1.165, 1.54) is 0 Å². The molecule has 194 valence electrons. The van der Waals surface area contributed by atoms with Crippen molar-refractivity contribution in [3.05, 3.63) is 58.3 Å². The number of alkyl halides is 3. The van der Waals surface area contributed by atoms with Crippen molar-refractivity contribution in [3.8, 4) is 0 Å². The van der Waals surface area contributed by atoms with Crippen LogP contribution in [0.1, 0.15) is 66.5 Å². The summed E-state index contributed by atoms with van der Waals surface area (Å²) in [6.45, 7) is 7.14. The van der Waals surface area contributed by atoms with Crippen LogP contribution in [0, 0.1) is 13.8 Å². The lowest BCUT2D eigenvalue weighted by Gasteiger charge is -2.37. The molecule has 1 aliphatic carbocycles. The average Bonchev–Trinajstić information content (AvgIpc) is 3.62. The van der Waals surface area contributed by atoms with Crippen LogP contribution in [0.3, 0.4) is 0 Å². The zero-order valence-electron chi connectivity index (χ0n) is 20.8. The Morgan fingerprint density at radius 3 is 2.39 bits per heavy atom. The van der Waals surface area contributed by atoms with Gasteiger partial charge in [-0.1, -0.05) is 11.6 Å². The van der Waals surface area contributed by atoms with E-state index in [9.17, 15) is 18.0 Å². The summed E-state index contributed by atoms with van der Waals surface area (Å²) in [5.74, 6) is 0.883. The first-order chi connectivity index (χ1) is 17.1. The van der Waals surface area contributed by atoms with Gasteiger partial charge in [-0.2, -0.15) is 13.2 Å². The summed E-state index contributed by atoms with van der Waals surface area (Å²) in [4.78, 5) is 21.8. The highest BCUT2D eigenvalue weighted by Crippen LogP contribution is 2.40. The molecule has 1 saturated carbocycles. The first-order valence-corrected chi connectivity index (χ1v) is 12.6. The van der Waals surface area contributed by atoms with Crippen LogP contribution in [0.15, 0.2) is 30.5 Å². The van der Waals surface area contributed by atoms with Gasteiger partial charge in [-0.15, -0.1) is 0 Å². The summed E-state index contributed by atoms with van der Waals surface area (Å²) >= 11 is 0. The third-order valence-corrected chi connectivity index (χ3v) is 7.34. The van der Waals surface area contributed by atoms with Crippen molar-refractivity contribution in [2.45, 2.75) is 83.4 Å². The van der Waals surface area contributed by atoms with E-state index in [2.05, 4.69) is 11.0 Å². The van der Waals surface area contributed by atoms with Crippen LogP contribution in [0.2, 0.25) is 0 Å². The van der Waals surface area contributed by atoms with E-state index in [0.29, 0.717) is 23.2 Å². The van der Waals surface area contributed by atoms with E-state index >= 15 is 0 Å². The standard InChI is InChI=1S/C27H32F3N3O3/c1-16-10-19(13-21(12-16)27(28,29)30)24-18(3)32(26(34)36-24)15-20-11-17(2)14-31-25(20)33(22-4-5-22)23-6-8-35-9-7-23/h10-14,18,22-24H,4-9,15H2,1-3H3/t18-,24-/m0/s1. The number of nitrogens with zero attached hydrogens (tertiary/aromatic N) is 3. The molecule has 0 N–H and O–H groups in total. The molecule has 1 aromatic heterocycles. The van der Waals surface area contributed by atoms with Crippen molar-refractivity contribution in [1.29, 1.82) is 0 Å². The van der Waals surface area contributed by atoms with E-state index in [0.717, 1.165) is 68.0 Å². The van der Waals surface area contributed by atoms with Crippen molar-refractivity contribution >= 4 is 11.9 Å². The fourth-order valence-corrected chi connectivity index (χ4v) is 5.42. The zero-order chi connectivity index (χ0) is 25.6. The van der Waals surface area contributed by atoms with E-state index in [4.69, 9.17) is 14.5 Å². The van der Waals surface area contributed by atoms with Gasteiger partial charge in [0, 0.05) is 37.1 Å². The number of ether oxygens (including phenoxy) is 2. The monoisotopic (exact) mass is 503 g/mol. The third kappa shape index (κ3) is 5.03. The minimum Gasteiger partial charge on any atom is -0.439 e. The molecule has 2 aliphatic heterocycles. The quantitative estimate of drug-likeness (QED) is 0.488. The van der Waals surface area contributed by atoms with Gasteiger partial charge in [0.25, 0.3) is 0 Å². The largest absolute Gasteiger partial charge is 0.439 e. The summed E-state index contributed by atoms with van der Waals surface area (Å²) in [6, 6.07) is 6.24.